The number of para-hydroxylation sites is 1. The highest BCUT2D eigenvalue weighted by molar-refractivity contribution is 6.35. The SMILES string of the molecule is Cc1cccc(N2C(=O)[C@@H]3[C@@H]4CCCN4[C@]4(C(=O)Nc5c(Cl)cccc54)[C@H]3C2=O)c1. The lowest BCUT2D eigenvalue weighted by molar-refractivity contribution is -0.135. The Morgan fingerprint density at radius 1 is 1.10 bits per heavy atom. The molecule has 2 aromatic rings. The number of amides is 3. The van der Waals surface area contributed by atoms with Gasteiger partial charge in [-0.3, -0.25) is 19.3 Å². The first-order valence-electron chi connectivity index (χ1n) is 10.3. The molecule has 0 bridgehead atoms. The first-order valence-corrected chi connectivity index (χ1v) is 10.7. The van der Waals surface area contributed by atoms with Crippen molar-refractivity contribution < 1.29 is 14.4 Å². The maximum atomic E-state index is 13.8. The van der Waals surface area contributed by atoms with Gasteiger partial charge in [0, 0.05) is 11.6 Å². The fourth-order valence-corrected chi connectivity index (χ4v) is 6.44. The predicted octanol–water partition coefficient (Wildman–Crippen LogP) is 3.08. The minimum absolute atomic E-state index is 0.128. The van der Waals surface area contributed by atoms with Gasteiger partial charge in [-0.2, -0.15) is 0 Å². The number of hydrogen-bond donors (Lipinski definition) is 1. The Morgan fingerprint density at radius 3 is 2.70 bits per heavy atom. The van der Waals surface area contributed by atoms with Crippen molar-refractivity contribution in [2.75, 3.05) is 16.8 Å². The van der Waals surface area contributed by atoms with E-state index < -0.39 is 17.4 Å². The van der Waals surface area contributed by atoms with Crippen molar-refractivity contribution in [2.45, 2.75) is 31.3 Å². The molecule has 1 N–H and O–H groups in total. The van der Waals surface area contributed by atoms with Crippen molar-refractivity contribution in [3.8, 4) is 0 Å². The van der Waals surface area contributed by atoms with Crippen LogP contribution in [0.2, 0.25) is 5.02 Å². The van der Waals surface area contributed by atoms with E-state index >= 15 is 0 Å². The van der Waals surface area contributed by atoms with Gasteiger partial charge in [0.1, 0.15) is 5.54 Å². The Labute approximate surface area is 178 Å². The largest absolute Gasteiger partial charge is 0.323 e. The topological polar surface area (TPSA) is 69.7 Å². The number of imide groups is 1. The predicted molar refractivity (Wildman–Crippen MR) is 112 cm³/mol. The van der Waals surface area contributed by atoms with Crippen LogP contribution in [0.25, 0.3) is 0 Å². The fraction of sp³-hybridized carbons (Fsp3) is 0.348. The van der Waals surface area contributed by atoms with E-state index in [9.17, 15) is 14.4 Å². The molecule has 0 aliphatic carbocycles. The first-order chi connectivity index (χ1) is 14.5. The molecule has 30 heavy (non-hydrogen) atoms. The number of nitrogens with zero attached hydrogens (tertiary/aromatic N) is 2. The van der Waals surface area contributed by atoms with Crippen molar-refractivity contribution >= 4 is 40.7 Å². The van der Waals surface area contributed by atoms with Crippen LogP contribution in [0.4, 0.5) is 11.4 Å². The van der Waals surface area contributed by atoms with E-state index in [1.807, 2.05) is 31.2 Å². The van der Waals surface area contributed by atoms with Crippen molar-refractivity contribution in [3.63, 3.8) is 0 Å². The number of fused-ring (bicyclic) bond motifs is 7. The van der Waals surface area contributed by atoms with Crippen LogP contribution in [0.15, 0.2) is 42.5 Å². The van der Waals surface area contributed by atoms with Gasteiger partial charge in [0.25, 0.3) is 5.91 Å². The summed E-state index contributed by atoms with van der Waals surface area (Å²) in [5.74, 6) is -2.04. The average molecular weight is 422 g/mol. The summed E-state index contributed by atoms with van der Waals surface area (Å²) >= 11 is 6.39. The third kappa shape index (κ3) is 1.96. The van der Waals surface area contributed by atoms with Crippen molar-refractivity contribution in [2.24, 2.45) is 11.8 Å². The summed E-state index contributed by atoms with van der Waals surface area (Å²) in [6.45, 7) is 2.61. The molecule has 3 amide bonds. The van der Waals surface area contributed by atoms with Crippen LogP contribution < -0.4 is 10.2 Å². The van der Waals surface area contributed by atoms with Crippen molar-refractivity contribution in [1.82, 2.24) is 4.90 Å². The molecule has 4 aliphatic heterocycles. The third-order valence-electron chi connectivity index (χ3n) is 7.24. The smallest absolute Gasteiger partial charge is 0.250 e. The maximum absolute atomic E-state index is 13.8. The molecule has 152 valence electrons. The van der Waals surface area contributed by atoms with Gasteiger partial charge in [0.05, 0.1) is 28.2 Å². The van der Waals surface area contributed by atoms with Gasteiger partial charge in [0.15, 0.2) is 0 Å². The highest BCUT2D eigenvalue weighted by atomic mass is 35.5. The zero-order chi connectivity index (χ0) is 20.8. The zero-order valence-electron chi connectivity index (χ0n) is 16.4. The molecular weight excluding hydrogens is 402 g/mol. The van der Waals surface area contributed by atoms with Gasteiger partial charge in [-0.25, -0.2) is 4.90 Å². The minimum Gasteiger partial charge on any atom is -0.323 e. The summed E-state index contributed by atoms with van der Waals surface area (Å²) in [7, 11) is 0. The molecule has 3 saturated heterocycles. The molecule has 0 unspecified atom stereocenters. The molecule has 6 rings (SSSR count). The molecule has 3 fully saturated rings. The molecule has 4 atom stereocenters. The number of aryl methyl sites for hydroxylation is 1. The van der Waals surface area contributed by atoms with Gasteiger partial charge < -0.3 is 5.32 Å². The maximum Gasteiger partial charge on any atom is 0.250 e. The number of anilines is 2. The van der Waals surface area contributed by atoms with E-state index in [1.165, 1.54) is 4.90 Å². The van der Waals surface area contributed by atoms with Crippen LogP contribution in [0.1, 0.15) is 24.0 Å². The normalized spacial score (nSPS) is 32.0. The monoisotopic (exact) mass is 421 g/mol. The number of carbonyl (C=O) groups excluding carboxylic acids is 3. The Kier molecular flexibility index (Phi) is 3.58. The average Bonchev–Trinajstić information content (AvgIpc) is 3.41. The number of halogens is 1. The number of rotatable bonds is 1. The van der Waals surface area contributed by atoms with E-state index in [0.717, 1.165) is 18.4 Å². The molecule has 4 heterocycles. The van der Waals surface area contributed by atoms with E-state index in [1.54, 1.807) is 18.2 Å². The van der Waals surface area contributed by atoms with Crippen molar-refractivity contribution in [3.05, 3.63) is 58.6 Å². The quantitative estimate of drug-likeness (QED) is 0.718. The first kappa shape index (κ1) is 18.1. The van der Waals surface area contributed by atoms with Gasteiger partial charge >= 0.3 is 0 Å². The standard InChI is InChI=1S/C23H20ClN3O3/c1-12-5-2-6-13(11-12)27-20(28)17-16-9-4-10-26(16)23(18(17)21(27)29)14-7-3-8-15(24)19(14)25-22(23)30/h2-3,5-8,11,16-18H,4,9-10H2,1H3,(H,25,30)/t16-,17+,18+,23-/m0/s1. The van der Waals surface area contributed by atoms with Gasteiger partial charge in [-0.15, -0.1) is 0 Å². The fourth-order valence-electron chi connectivity index (χ4n) is 6.22. The van der Waals surface area contributed by atoms with Gasteiger partial charge in [-0.1, -0.05) is 35.9 Å². The van der Waals surface area contributed by atoms with E-state index in [2.05, 4.69) is 10.2 Å². The van der Waals surface area contributed by atoms with Crippen LogP contribution in [0.3, 0.4) is 0 Å². The number of hydrogen-bond acceptors (Lipinski definition) is 4. The minimum atomic E-state index is -1.18. The van der Waals surface area contributed by atoms with Crippen LogP contribution in [-0.2, 0) is 19.9 Å². The molecular formula is C23H20ClN3O3. The second kappa shape index (κ2) is 5.93. The summed E-state index contributed by atoms with van der Waals surface area (Å²) in [6.07, 6.45) is 1.69. The summed E-state index contributed by atoms with van der Waals surface area (Å²) < 4.78 is 0. The number of benzene rings is 2. The highest BCUT2D eigenvalue weighted by Gasteiger charge is 2.74. The van der Waals surface area contributed by atoms with Crippen LogP contribution in [0, 0.1) is 18.8 Å². The van der Waals surface area contributed by atoms with Gasteiger partial charge in [0.2, 0.25) is 11.8 Å². The van der Waals surface area contributed by atoms with Crippen LogP contribution in [-0.4, -0.2) is 35.2 Å². The number of nitrogens with one attached hydrogen (secondary N) is 1. The Bertz CT molecular complexity index is 1150. The van der Waals surface area contributed by atoms with E-state index in [0.29, 0.717) is 28.5 Å². The molecule has 4 aliphatic rings. The number of carbonyl (C=O) groups is 3. The van der Waals surface area contributed by atoms with Crippen molar-refractivity contribution in [1.29, 1.82) is 0 Å². The summed E-state index contributed by atoms with van der Waals surface area (Å²) in [4.78, 5) is 44.4. The lowest BCUT2D eigenvalue weighted by Gasteiger charge is -2.36. The Hall–Kier alpha value is -2.70. The molecule has 0 radical (unpaired) electrons. The zero-order valence-corrected chi connectivity index (χ0v) is 17.1. The molecule has 1 spiro atoms. The Balaban J connectivity index is 1.57. The second-order valence-corrected chi connectivity index (χ2v) is 9.05. The highest BCUT2D eigenvalue weighted by Crippen LogP contribution is 2.61. The molecule has 0 aromatic heterocycles. The summed E-state index contributed by atoms with van der Waals surface area (Å²) in [6, 6.07) is 12.7. The molecule has 7 heteroatoms. The summed E-state index contributed by atoms with van der Waals surface area (Å²) in [5, 5.41) is 3.38. The van der Waals surface area contributed by atoms with E-state index in [4.69, 9.17) is 11.6 Å². The lowest BCUT2D eigenvalue weighted by Crippen LogP contribution is -2.54. The van der Waals surface area contributed by atoms with Crippen LogP contribution >= 0.6 is 11.6 Å². The van der Waals surface area contributed by atoms with Gasteiger partial charge in [-0.05, 0) is 50.1 Å². The van der Waals surface area contributed by atoms with E-state index in [-0.39, 0.29) is 23.8 Å². The molecule has 0 saturated carbocycles. The second-order valence-electron chi connectivity index (χ2n) is 8.64. The van der Waals surface area contributed by atoms with Crippen LogP contribution in [0.5, 0.6) is 0 Å². The third-order valence-corrected chi connectivity index (χ3v) is 7.55. The summed E-state index contributed by atoms with van der Waals surface area (Å²) in [5.41, 5.74) is 1.63. The molecule has 6 nitrogen and oxygen atoms in total. The Morgan fingerprint density at radius 2 is 1.90 bits per heavy atom. The lowest BCUT2D eigenvalue weighted by atomic mass is 9.75. The molecule has 2 aromatic carbocycles.